The number of hydrogen-bond donors (Lipinski definition) is 2. The molecule has 0 bridgehead atoms. The van der Waals surface area contributed by atoms with Crippen LogP contribution in [0.15, 0.2) is 18.2 Å². The van der Waals surface area contributed by atoms with E-state index in [1.165, 1.54) is 13.2 Å². The van der Waals surface area contributed by atoms with Crippen LogP contribution >= 0.6 is 0 Å². The van der Waals surface area contributed by atoms with E-state index in [0.717, 1.165) is 5.56 Å². The van der Waals surface area contributed by atoms with Gasteiger partial charge in [0.1, 0.15) is 0 Å². The summed E-state index contributed by atoms with van der Waals surface area (Å²) in [5, 5.41) is 8.00. The van der Waals surface area contributed by atoms with Gasteiger partial charge in [-0.2, -0.15) is 0 Å². The summed E-state index contributed by atoms with van der Waals surface area (Å²) in [6.45, 7) is 2.36. The van der Waals surface area contributed by atoms with E-state index in [9.17, 15) is 12.8 Å². The van der Waals surface area contributed by atoms with E-state index in [0.29, 0.717) is 13.0 Å². The highest BCUT2D eigenvalue weighted by Gasteiger charge is 2.09. The zero-order chi connectivity index (χ0) is 14.5. The van der Waals surface area contributed by atoms with E-state index >= 15 is 0 Å². The first-order valence-electron chi connectivity index (χ1n) is 5.91. The summed E-state index contributed by atoms with van der Waals surface area (Å²) in [6, 6.07) is 4.64. The normalized spacial score (nSPS) is 13.3. The molecule has 0 aliphatic carbocycles. The van der Waals surface area contributed by atoms with Crippen molar-refractivity contribution < 1.29 is 17.5 Å². The summed E-state index contributed by atoms with van der Waals surface area (Å²) in [6.07, 6.45) is 0.418. The van der Waals surface area contributed by atoms with E-state index in [4.69, 9.17) is 9.88 Å². The SMILES string of the molecule is COc1ccc(C(C)NCCCS(N)(=O)=O)cc1F. The number of benzene rings is 1. The van der Waals surface area contributed by atoms with E-state index < -0.39 is 15.8 Å². The van der Waals surface area contributed by atoms with Gasteiger partial charge in [0.15, 0.2) is 11.6 Å². The zero-order valence-electron chi connectivity index (χ0n) is 11.0. The van der Waals surface area contributed by atoms with Gasteiger partial charge >= 0.3 is 0 Å². The summed E-state index contributed by atoms with van der Waals surface area (Å²) in [5.41, 5.74) is 0.772. The van der Waals surface area contributed by atoms with E-state index in [1.54, 1.807) is 12.1 Å². The number of nitrogens with one attached hydrogen (secondary N) is 1. The Bertz CT molecular complexity index is 520. The van der Waals surface area contributed by atoms with Gasteiger partial charge in [-0.25, -0.2) is 17.9 Å². The van der Waals surface area contributed by atoms with Crippen LogP contribution in [0, 0.1) is 5.82 Å². The van der Waals surface area contributed by atoms with Crippen molar-refractivity contribution in [3.63, 3.8) is 0 Å². The molecule has 0 aliphatic heterocycles. The second kappa shape index (κ2) is 6.83. The molecule has 0 heterocycles. The average Bonchev–Trinajstić information content (AvgIpc) is 2.33. The maximum atomic E-state index is 13.5. The topological polar surface area (TPSA) is 81.4 Å². The standard InChI is InChI=1S/C12H19FN2O3S/c1-9(15-6-3-7-19(14,16)17)10-4-5-12(18-2)11(13)8-10/h4-5,8-9,15H,3,6-7H2,1-2H3,(H2,14,16,17). The van der Waals surface area contributed by atoms with E-state index in [2.05, 4.69) is 5.32 Å². The third-order valence-corrected chi connectivity index (χ3v) is 3.59. The van der Waals surface area contributed by atoms with Crippen molar-refractivity contribution in [2.75, 3.05) is 19.4 Å². The lowest BCUT2D eigenvalue weighted by Gasteiger charge is -2.15. The van der Waals surface area contributed by atoms with Gasteiger partial charge in [0.2, 0.25) is 10.0 Å². The summed E-state index contributed by atoms with van der Waals surface area (Å²) in [7, 11) is -2.01. The van der Waals surface area contributed by atoms with Gasteiger partial charge in [-0.05, 0) is 37.6 Å². The second-order valence-corrected chi connectivity index (χ2v) is 6.02. The maximum absolute atomic E-state index is 13.5. The molecule has 0 radical (unpaired) electrons. The molecule has 0 saturated heterocycles. The van der Waals surface area contributed by atoms with Crippen LogP contribution in [0.25, 0.3) is 0 Å². The summed E-state index contributed by atoms with van der Waals surface area (Å²) < 4.78 is 39.8. The number of hydrogen-bond acceptors (Lipinski definition) is 4. The largest absolute Gasteiger partial charge is 0.494 e. The van der Waals surface area contributed by atoms with Crippen LogP contribution in [0.1, 0.15) is 24.9 Å². The first-order valence-corrected chi connectivity index (χ1v) is 7.62. The minimum absolute atomic E-state index is 0.0658. The Balaban J connectivity index is 2.49. The van der Waals surface area contributed by atoms with Gasteiger partial charge in [-0.1, -0.05) is 6.07 Å². The molecule has 1 aromatic rings. The molecule has 108 valence electrons. The molecule has 0 spiro atoms. The van der Waals surface area contributed by atoms with Gasteiger partial charge in [-0.3, -0.25) is 0 Å². The van der Waals surface area contributed by atoms with Crippen LogP contribution in [0.4, 0.5) is 4.39 Å². The van der Waals surface area contributed by atoms with Crippen LogP contribution in [0.5, 0.6) is 5.75 Å². The number of rotatable bonds is 7. The van der Waals surface area contributed by atoms with Gasteiger partial charge in [0.05, 0.1) is 12.9 Å². The Kier molecular flexibility index (Phi) is 5.71. The third-order valence-electron chi connectivity index (χ3n) is 2.73. The maximum Gasteiger partial charge on any atom is 0.209 e. The first kappa shape index (κ1) is 15.9. The molecule has 5 nitrogen and oxygen atoms in total. The van der Waals surface area contributed by atoms with Crippen LogP contribution in [-0.2, 0) is 10.0 Å². The molecular formula is C12H19FN2O3S. The summed E-state index contributed by atoms with van der Waals surface area (Å²) in [4.78, 5) is 0. The molecule has 1 unspecified atom stereocenters. The minimum atomic E-state index is -3.42. The quantitative estimate of drug-likeness (QED) is 0.738. The lowest BCUT2D eigenvalue weighted by molar-refractivity contribution is 0.385. The summed E-state index contributed by atoms with van der Waals surface area (Å²) >= 11 is 0. The molecule has 3 N–H and O–H groups in total. The molecule has 0 aliphatic rings. The molecule has 1 atom stereocenters. The summed E-state index contributed by atoms with van der Waals surface area (Å²) in [5.74, 6) is -0.285. The Labute approximate surface area is 113 Å². The van der Waals surface area contributed by atoms with Crippen molar-refractivity contribution in [3.05, 3.63) is 29.6 Å². The highest BCUT2D eigenvalue weighted by molar-refractivity contribution is 7.89. The van der Waals surface area contributed by atoms with Crippen molar-refractivity contribution in [2.45, 2.75) is 19.4 Å². The molecule has 0 aromatic heterocycles. The number of halogens is 1. The lowest BCUT2D eigenvalue weighted by Crippen LogP contribution is -2.24. The lowest BCUT2D eigenvalue weighted by atomic mass is 10.1. The van der Waals surface area contributed by atoms with E-state index in [1.807, 2.05) is 6.92 Å². The van der Waals surface area contributed by atoms with Crippen molar-refractivity contribution >= 4 is 10.0 Å². The highest BCUT2D eigenvalue weighted by atomic mass is 32.2. The van der Waals surface area contributed by atoms with Gasteiger partial charge in [-0.15, -0.1) is 0 Å². The van der Waals surface area contributed by atoms with Gasteiger partial charge in [0.25, 0.3) is 0 Å². The fraction of sp³-hybridized carbons (Fsp3) is 0.500. The fourth-order valence-electron chi connectivity index (χ4n) is 1.66. The molecule has 19 heavy (non-hydrogen) atoms. The van der Waals surface area contributed by atoms with Crippen molar-refractivity contribution in [3.8, 4) is 5.75 Å². The molecule has 0 amide bonds. The third kappa shape index (κ3) is 5.54. The molecule has 1 rings (SSSR count). The Morgan fingerprint density at radius 2 is 2.16 bits per heavy atom. The fourth-order valence-corrected chi connectivity index (χ4v) is 2.21. The highest BCUT2D eigenvalue weighted by Crippen LogP contribution is 2.21. The number of primary sulfonamides is 1. The smallest absolute Gasteiger partial charge is 0.209 e. The molecule has 0 fully saturated rings. The number of ether oxygens (including phenoxy) is 1. The van der Waals surface area contributed by atoms with Crippen molar-refractivity contribution in [1.29, 1.82) is 0 Å². The van der Waals surface area contributed by atoms with E-state index in [-0.39, 0.29) is 17.5 Å². The Morgan fingerprint density at radius 1 is 1.47 bits per heavy atom. The van der Waals surface area contributed by atoms with Gasteiger partial charge in [0, 0.05) is 6.04 Å². The van der Waals surface area contributed by atoms with Gasteiger partial charge < -0.3 is 10.1 Å². The number of sulfonamides is 1. The second-order valence-electron chi connectivity index (χ2n) is 4.29. The average molecular weight is 290 g/mol. The molecule has 7 heteroatoms. The van der Waals surface area contributed by atoms with Crippen LogP contribution < -0.4 is 15.2 Å². The molecule has 1 aromatic carbocycles. The Morgan fingerprint density at radius 3 is 2.68 bits per heavy atom. The number of methoxy groups -OCH3 is 1. The monoisotopic (exact) mass is 290 g/mol. The predicted octanol–water partition coefficient (Wildman–Crippen LogP) is 1.16. The minimum Gasteiger partial charge on any atom is -0.494 e. The number of nitrogens with two attached hydrogens (primary N) is 1. The van der Waals surface area contributed by atoms with Crippen molar-refractivity contribution in [2.24, 2.45) is 5.14 Å². The zero-order valence-corrected chi connectivity index (χ0v) is 11.8. The molecule has 0 saturated carbocycles. The Hall–Kier alpha value is -1.18. The molecular weight excluding hydrogens is 271 g/mol. The van der Waals surface area contributed by atoms with Crippen molar-refractivity contribution in [1.82, 2.24) is 5.32 Å². The van der Waals surface area contributed by atoms with Crippen LogP contribution in [-0.4, -0.2) is 27.8 Å². The first-order chi connectivity index (χ1) is 8.83. The van der Waals surface area contributed by atoms with Crippen LogP contribution in [0.3, 0.4) is 0 Å². The predicted molar refractivity (Wildman–Crippen MR) is 72.0 cm³/mol. The van der Waals surface area contributed by atoms with Crippen LogP contribution in [0.2, 0.25) is 0 Å².